The second kappa shape index (κ2) is 9.14. The largest absolute Gasteiger partial charge is 0.507 e. The summed E-state index contributed by atoms with van der Waals surface area (Å²) in [5, 5.41) is 45.5. The Morgan fingerprint density at radius 3 is 2.63 bits per heavy atom. The maximum absolute atomic E-state index is 12.3. The van der Waals surface area contributed by atoms with Crippen LogP contribution in [-0.2, 0) is 24.2 Å². The third-order valence-corrected chi connectivity index (χ3v) is 4.85. The quantitative estimate of drug-likeness (QED) is 0.396. The zero-order chi connectivity index (χ0) is 21.8. The number of hydrogen-bond donors (Lipinski definition) is 4. The zero-order valence-electron chi connectivity index (χ0n) is 16.4. The molecule has 0 atom stereocenters. The highest BCUT2D eigenvalue weighted by Gasteiger charge is 2.34. The summed E-state index contributed by atoms with van der Waals surface area (Å²) in [5.41, 5.74) is 0.683. The lowest BCUT2D eigenvalue weighted by Crippen LogP contribution is -2.57. The van der Waals surface area contributed by atoms with Gasteiger partial charge in [-0.05, 0) is 30.8 Å². The summed E-state index contributed by atoms with van der Waals surface area (Å²) in [6.45, 7) is 2.57. The summed E-state index contributed by atoms with van der Waals surface area (Å²) in [4.78, 5) is 25.5. The van der Waals surface area contributed by atoms with Crippen LogP contribution in [0.5, 0.6) is 11.5 Å². The fourth-order valence-corrected chi connectivity index (χ4v) is 3.12. The summed E-state index contributed by atoms with van der Waals surface area (Å²) in [6.07, 6.45) is 2.09. The first-order valence-corrected chi connectivity index (χ1v) is 9.56. The summed E-state index contributed by atoms with van der Waals surface area (Å²) >= 11 is 0. The van der Waals surface area contributed by atoms with Gasteiger partial charge in [0.15, 0.2) is 0 Å². The van der Waals surface area contributed by atoms with Crippen molar-refractivity contribution in [2.24, 2.45) is 0 Å². The number of carbonyl (C=O) groups is 2. The van der Waals surface area contributed by atoms with E-state index < -0.39 is 24.9 Å². The number of aromatic hydroxyl groups is 1. The number of phenols is 1. The third-order valence-electron chi connectivity index (χ3n) is 4.85. The van der Waals surface area contributed by atoms with Gasteiger partial charge in [0, 0.05) is 6.20 Å². The van der Waals surface area contributed by atoms with E-state index in [9.17, 15) is 19.8 Å². The van der Waals surface area contributed by atoms with E-state index in [1.807, 2.05) is 6.92 Å². The average molecular weight is 418 g/mol. The lowest BCUT2D eigenvalue weighted by Gasteiger charge is -2.39. The first kappa shape index (κ1) is 21.6. The molecule has 0 aliphatic carbocycles. The highest BCUT2D eigenvalue weighted by atomic mass is 16.5. The SMILES string of the molecule is CCc1cn(CC(=O)N2CC(Oc3ccc(CCB(O)O)c(O)c3C(=O)O)C2)nn1. The number of amides is 1. The van der Waals surface area contributed by atoms with Gasteiger partial charge in [0.2, 0.25) is 5.91 Å². The maximum Gasteiger partial charge on any atom is 0.451 e. The van der Waals surface area contributed by atoms with Gasteiger partial charge in [-0.25, -0.2) is 9.48 Å². The minimum Gasteiger partial charge on any atom is -0.507 e. The van der Waals surface area contributed by atoms with Gasteiger partial charge in [-0.2, -0.15) is 0 Å². The molecular weight excluding hydrogens is 395 g/mol. The molecule has 0 bridgehead atoms. The number of aryl methyl sites for hydroxylation is 2. The number of hydrogen-bond acceptors (Lipinski definition) is 8. The second-order valence-electron chi connectivity index (χ2n) is 7.07. The van der Waals surface area contributed by atoms with E-state index in [0.29, 0.717) is 0 Å². The number of carboxylic acid groups (broad SMARTS) is 1. The topological polar surface area (TPSA) is 158 Å². The normalized spacial score (nSPS) is 13.8. The smallest absolute Gasteiger partial charge is 0.451 e. The van der Waals surface area contributed by atoms with Gasteiger partial charge < -0.3 is 29.9 Å². The van der Waals surface area contributed by atoms with Crippen LogP contribution in [0.1, 0.15) is 28.5 Å². The molecule has 1 aliphatic heterocycles. The summed E-state index contributed by atoms with van der Waals surface area (Å²) < 4.78 is 7.16. The highest BCUT2D eigenvalue weighted by Crippen LogP contribution is 2.34. The fourth-order valence-electron chi connectivity index (χ4n) is 3.12. The Morgan fingerprint density at radius 2 is 2.03 bits per heavy atom. The van der Waals surface area contributed by atoms with Gasteiger partial charge in [0.05, 0.1) is 18.8 Å². The van der Waals surface area contributed by atoms with Gasteiger partial charge in [-0.1, -0.05) is 18.2 Å². The standard InChI is InChI=1S/C18H23BN4O7/c1-2-12-7-23(21-20-12)10-15(24)22-8-13(9-22)30-14-4-3-11(5-6-19(28)29)17(25)16(14)18(26)27/h3-4,7,13,25,28-29H,2,5-6,8-10H2,1H3,(H,26,27). The molecule has 2 aromatic rings. The minimum atomic E-state index is -1.56. The van der Waals surface area contributed by atoms with Gasteiger partial charge in [-0.15, -0.1) is 5.10 Å². The van der Waals surface area contributed by atoms with Crippen molar-refractivity contribution in [1.29, 1.82) is 0 Å². The van der Waals surface area contributed by atoms with E-state index in [2.05, 4.69) is 10.3 Å². The molecule has 1 aliphatic rings. The van der Waals surface area contributed by atoms with Crippen molar-refractivity contribution in [2.45, 2.75) is 38.7 Å². The molecule has 160 valence electrons. The van der Waals surface area contributed by atoms with E-state index in [0.717, 1.165) is 12.1 Å². The molecule has 1 aromatic heterocycles. The monoisotopic (exact) mass is 418 g/mol. The Kier molecular flexibility index (Phi) is 6.58. The number of aromatic nitrogens is 3. The zero-order valence-corrected chi connectivity index (χ0v) is 16.4. The minimum absolute atomic E-state index is 0.00532. The van der Waals surface area contributed by atoms with E-state index >= 15 is 0 Å². The van der Waals surface area contributed by atoms with Crippen molar-refractivity contribution in [3.8, 4) is 11.5 Å². The molecular formula is C18H23BN4O7. The van der Waals surface area contributed by atoms with Crippen molar-refractivity contribution < 1.29 is 34.6 Å². The van der Waals surface area contributed by atoms with Crippen LogP contribution < -0.4 is 4.74 Å². The molecule has 2 heterocycles. The number of nitrogens with zero attached hydrogens (tertiary/aromatic N) is 4. The number of benzene rings is 1. The molecule has 0 radical (unpaired) electrons. The van der Waals surface area contributed by atoms with Crippen molar-refractivity contribution >= 4 is 19.0 Å². The molecule has 0 unspecified atom stereocenters. The number of likely N-dealkylation sites (tertiary alicyclic amines) is 1. The van der Waals surface area contributed by atoms with Crippen molar-refractivity contribution in [3.63, 3.8) is 0 Å². The lowest BCUT2D eigenvalue weighted by molar-refractivity contribution is -0.140. The van der Waals surface area contributed by atoms with Crippen LogP contribution in [0.3, 0.4) is 0 Å². The van der Waals surface area contributed by atoms with E-state index in [-0.39, 0.29) is 55.2 Å². The van der Waals surface area contributed by atoms with Crippen LogP contribution in [0.15, 0.2) is 18.3 Å². The molecule has 0 saturated carbocycles. The predicted molar refractivity (Wildman–Crippen MR) is 104 cm³/mol. The Hall–Kier alpha value is -3.12. The first-order chi connectivity index (χ1) is 14.3. The Labute approximate surface area is 172 Å². The molecule has 1 saturated heterocycles. The van der Waals surface area contributed by atoms with Crippen LogP contribution in [0.2, 0.25) is 6.32 Å². The molecule has 3 rings (SSSR count). The molecule has 1 aromatic carbocycles. The summed E-state index contributed by atoms with van der Waals surface area (Å²) in [5.74, 6) is -1.99. The van der Waals surface area contributed by atoms with E-state index in [1.165, 1.54) is 16.8 Å². The van der Waals surface area contributed by atoms with Gasteiger partial charge in [0.1, 0.15) is 29.7 Å². The third kappa shape index (κ3) is 4.89. The predicted octanol–water partition coefficient (Wildman–Crippen LogP) is -0.451. The highest BCUT2D eigenvalue weighted by molar-refractivity contribution is 6.41. The van der Waals surface area contributed by atoms with Gasteiger partial charge in [-0.3, -0.25) is 4.79 Å². The number of carbonyl (C=O) groups excluding carboxylic acids is 1. The lowest BCUT2D eigenvalue weighted by atomic mass is 9.82. The van der Waals surface area contributed by atoms with Crippen molar-refractivity contribution in [1.82, 2.24) is 19.9 Å². The molecule has 0 spiro atoms. The molecule has 1 fully saturated rings. The molecule has 12 heteroatoms. The Balaban J connectivity index is 1.60. The van der Waals surface area contributed by atoms with E-state index in [1.54, 1.807) is 11.1 Å². The molecule has 30 heavy (non-hydrogen) atoms. The Morgan fingerprint density at radius 1 is 1.30 bits per heavy atom. The van der Waals surface area contributed by atoms with E-state index in [4.69, 9.17) is 14.8 Å². The average Bonchev–Trinajstić information content (AvgIpc) is 3.10. The van der Waals surface area contributed by atoms with Crippen molar-refractivity contribution in [3.05, 3.63) is 35.2 Å². The number of aromatic carboxylic acids is 1. The summed E-state index contributed by atoms with van der Waals surface area (Å²) in [7, 11) is -1.56. The van der Waals surface area contributed by atoms with Crippen LogP contribution in [0, 0.1) is 0 Å². The molecule has 11 nitrogen and oxygen atoms in total. The van der Waals surface area contributed by atoms with Gasteiger partial charge in [0.25, 0.3) is 0 Å². The number of rotatable bonds is 9. The fraction of sp³-hybridized carbons (Fsp3) is 0.444. The van der Waals surface area contributed by atoms with Crippen LogP contribution in [0.25, 0.3) is 0 Å². The van der Waals surface area contributed by atoms with Crippen LogP contribution >= 0.6 is 0 Å². The van der Waals surface area contributed by atoms with Crippen LogP contribution in [-0.4, -0.2) is 78.3 Å². The second-order valence-corrected chi connectivity index (χ2v) is 7.07. The molecule has 4 N–H and O–H groups in total. The number of carboxylic acids is 1. The molecule has 1 amide bonds. The maximum atomic E-state index is 12.3. The van der Waals surface area contributed by atoms with Gasteiger partial charge >= 0.3 is 13.1 Å². The first-order valence-electron chi connectivity index (χ1n) is 9.56. The Bertz CT molecular complexity index is 927. The van der Waals surface area contributed by atoms with Crippen LogP contribution in [0.4, 0.5) is 0 Å². The van der Waals surface area contributed by atoms with Crippen molar-refractivity contribution in [2.75, 3.05) is 13.1 Å². The number of ether oxygens (including phenoxy) is 1. The summed E-state index contributed by atoms with van der Waals surface area (Å²) in [6, 6.07) is 2.91.